The Labute approximate surface area is 152 Å². The molecule has 1 aromatic carbocycles. The van der Waals surface area contributed by atoms with E-state index in [0.29, 0.717) is 31.0 Å². The second kappa shape index (κ2) is 7.86. The second-order valence-corrected chi connectivity index (χ2v) is 6.13. The normalized spacial score (nSPS) is 16.5. The first-order chi connectivity index (χ1) is 12.6. The van der Waals surface area contributed by atoms with Crippen LogP contribution in [0.5, 0.6) is 5.75 Å². The maximum atomic E-state index is 12.6. The number of anilines is 2. The fourth-order valence-electron chi connectivity index (χ4n) is 2.85. The van der Waals surface area contributed by atoms with Crippen molar-refractivity contribution in [3.05, 3.63) is 48.2 Å². The van der Waals surface area contributed by atoms with Crippen molar-refractivity contribution < 1.29 is 14.3 Å². The summed E-state index contributed by atoms with van der Waals surface area (Å²) in [5.74, 6) is 1.03. The molecule has 0 radical (unpaired) electrons. The predicted octanol–water partition coefficient (Wildman–Crippen LogP) is 2.18. The Kier molecular flexibility index (Phi) is 5.36. The number of pyridine rings is 1. The molecule has 7 heteroatoms. The third kappa shape index (κ3) is 4.11. The van der Waals surface area contributed by atoms with Crippen LogP contribution in [-0.4, -0.2) is 47.9 Å². The monoisotopic (exact) mass is 354 g/mol. The molecule has 1 unspecified atom stereocenters. The number of ether oxygens (including phenoxy) is 1. The molecule has 1 fully saturated rings. The molecule has 2 N–H and O–H groups in total. The zero-order valence-electron chi connectivity index (χ0n) is 14.9. The summed E-state index contributed by atoms with van der Waals surface area (Å²) >= 11 is 0. The van der Waals surface area contributed by atoms with Crippen molar-refractivity contribution in [1.29, 1.82) is 0 Å². The fourth-order valence-corrected chi connectivity index (χ4v) is 2.85. The molecule has 2 heterocycles. The van der Waals surface area contributed by atoms with Gasteiger partial charge in [0.05, 0.1) is 18.2 Å². The zero-order chi connectivity index (χ0) is 18.5. The van der Waals surface area contributed by atoms with E-state index in [-0.39, 0.29) is 17.9 Å². The lowest BCUT2D eigenvalue weighted by atomic mass is 10.2. The summed E-state index contributed by atoms with van der Waals surface area (Å²) in [6.07, 6.45) is 1.95. The first kappa shape index (κ1) is 17.7. The molecule has 3 rings (SSSR count). The van der Waals surface area contributed by atoms with Crippen LogP contribution in [0.25, 0.3) is 0 Å². The summed E-state index contributed by atoms with van der Waals surface area (Å²) in [6, 6.07) is 10.7. The molecule has 2 aromatic rings. The van der Waals surface area contributed by atoms with Crippen molar-refractivity contribution in [2.75, 3.05) is 25.5 Å². The van der Waals surface area contributed by atoms with Gasteiger partial charge < -0.3 is 20.3 Å². The standard InChI is InChI=1S/C19H22N4O3/c1-3-26-15-8-6-13(7-9-15)21-18-16(5-4-10-20-18)19(25)22-14-11-17(24)23(2)12-14/h4-10,14H,3,11-12H2,1-2H3,(H,20,21)(H,22,25). The summed E-state index contributed by atoms with van der Waals surface area (Å²) in [4.78, 5) is 30.1. The maximum Gasteiger partial charge on any atom is 0.255 e. The SMILES string of the molecule is CCOc1ccc(Nc2ncccc2C(=O)NC2CC(=O)N(C)C2)cc1. The number of aromatic nitrogens is 1. The van der Waals surface area contributed by atoms with Gasteiger partial charge in [0.25, 0.3) is 5.91 Å². The van der Waals surface area contributed by atoms with Gasteiger partial charge in [0, 0.05) is 31.9 Å². The highest BCUT2D eigenvalue weighted by molar-refractivity contribution is 6.00. The van der Waals surface area contributed by atoms with E-state index in [1.165, 1.54) is 0 Å². The largest absolute Gasteiger partial charge is 0.494 e. The molecule has 2 amide bonds. The number of likely N-dealkylation sites (tertiary alicyclic amines) is 1. The highest BCUT2D eigenvalue weighted by Gasteiger charge is 2.28. The zero-order valence-corrected chi connectivity index (χ0v) is 14.9. The molecule has 7 nitrogen and oxygen atoms in total. The summed E-state index contributed by atoms with van der Waals surface area (Å²) in [5, 5.41) is 6.07. The number of hydrogen-bond acceptors (Lipinski definition) is 5. The third-order valence-corrected chi connectivity index (χ3v) is 4.16. The molecule has 1 aliphatic rings. The summed E-state index contributed by atoms with van der Waals surface area (Å²) < 4.78 is 5.43. The van der Waals surface area contributed by atoms with Crippen molar-refractivity contribution in [3.63, 3.8) is 0 Å². The Morgan fingerprint density at radius 1 is 1.31 bits per heavy atom. The van der Waals surface area contributed by atoms with E-state index in [4.69, 9.17) is 4.74 Å². The first-order valence-corrected chi connectivity index (χ1v) is 8.56. The van der Waals surface area contributed by atoms with Gasteiger partial charge in [-0.25, -0.2) is 4.98 Å². The Morgan fingerprint density at radius 3 is 2.73 bits per heavy atom. The minimum Gasteiger partial charge on any atom is -0.494 e. The number of likely N-dealkylation sites (N-methyl/N-ethyl adjacent to an activating group) is 1. The first-order valence-electron chi connectivity index (χ1n) is 8.56. The van der Waals surface area contributed by atoms with Crippen LogP contribution in [0.3, 0.4) is 0 Å². The number of amides is 2. The smallest absolute Gasteiger partial charge is 0.255 e. The average Bonchev–Trinajstić information content (AvgIpc) is 2.94. The van der Waals surface area contributed by atoms with Crippen molar-refractivity contribution in [1.82, 2.24) is 15.2 Å². The van der Waals surface area contributed by atoms with E-state index in [0.717, 1.165) is 11.4 Å². The Morgan fingerprint density at radius 2 is 2.08 bits per heavy atom. The highest BCUT2D eigenvalue weighted by atomic mass is 16.5. The number of hydrogen-bond donors (Lipinski definition) is 2. The maximum absolute atomic E-state index is 12.6. The molecular formula is C19H22N4O3. The van der Waals surface area contributed by atoms with Gasteiger partial charge in [0.1, 0.15) is 11.6 Å². The second-order valence-electron chi connectivity index (χ2n) is 6.13. The average molecular weight is 354 g/mol. The van der Waals surface area contributed by atoms with Crippen LogP contribution in [0.2, 0.25) is 0 Å². The molecule has 1 aliphatic heterocycles. The lowest BCUT2D eigenvalue weighted by molar-refractivity contribution is -0.126. The Hall–Kier alpha value is -3.09. The minimum absolute atomic E-state index is 0.0363. The summed E-state index contributed by atoms with van der Waals surface area (Å²) in [6.45, 7) is 3.06. The van der Waals surface area contributed by atoms with Crippen LogP contribution >= 0.6 is 0 Å². The number of nitrogens with zero attached hydrogens (tertiary/aromatic N) is 2. The molecule has 1 atom stereocenters. The third-order valence-electron chi connectivity index (χ3n) is 4.16. The van der Waals surface area contributed by atoms with Gasteiger partial charge in [-0.15, -0.1) is 0 Å². The van der Waals surface area contributed by atoms with Crippen LogP contribution in [0, 0.1) is 0 Å². The molecule has 26 heavy (non-hydrogen) atoms. The van der Waals surface area contributed by atoms with Gasteiger partial charge in [-0.05, 0) is 43.3 Å². The van der Waals surface area contributed by atoms with Gasteiger partial charge in [-0.1, -0.05) is 0 Å². The minimum atomic E-state index is -0.250. The van der Waals surface area contributed by atoms with Gasteiger partial charge in [-0.3, -0.25) is 9.59 Å². The Balaban J connectivity index is 1.71. The van der Waals surface area contributed by atoms with E-state index in [1.807, 2.05) is 31.2 Å². The Bertz CT molecular complexity index is 792. The van der Waals surface area contributed by atoms with Crippen LogP contribution in [0.15, 0.2) is 42.6 Å². The topological polar surface area (TPSA) is 83.6 Å². The highest BCUT2D eigenvalue weighted by Crippen LogP contribution is 2.21. The van der Waals surface area contributed by atoms with Crippen LogP contribution in [-0.2, 0) is 4.79 Å². The van der Waals surface area contributed by atoms with Crippen molar-refractivity contribution >= 4 is 23.3 Å². The number of nitrogens with one attached hydrogen (secondary N) is 2. The molecule has 0 bridgehead atoms. The molecule has 0 spiro atoms. The van der Waals surface area contributed by atoms with Crippen LogP contribution in [0.1, 0.15) is 23.7 Å². The van der Waals surface area contributed by atoms with Crippen LogP contribution < -0.4 is 15.4 Å². The van der Waals surface area contributed by atoms with Crippen LogP contribution in [0.4, 0.5) is 11.5 Å². The van der Waals surface area contributed by atoms with E-state index in [2.05, 4.69) is 15.6 Å². The van der Waals surface area contributed by atoms with Gasteiger partial charge in [0.15, 0.2) is 0 Å². The number of carbonyl (C=O) groups is 2. The van der Waals surface area contributed by atoms with Gasteiger partial charge >= 0.3 is 0 Å². The van der Waals surface area contributed by atoms with E-state index in [1.54, 1.807) is 30.3 Å². The number of carbonyl (C=O) groups excluding carboxylic acids is 2. The fraction of sp³-hybridized carbons (Fsp3) is 0.316. The van der Waals surface area contributed by atoms with Crippen molar-refractivity contribution in [3.8, 4) is 5.75 Å². The van der Waals surface area contributed by atoms with Crippen molar-refractivity contribution in [2.45, 2.75) is 19.4 Å². The van der Waals surface area contributed by atoms with E-state index >= 15 is 0 Å². The molecule has 1 aromatic heterocycles. The summed E-state index contributed by atoms with van der Waals surface area (Å²) in [7, 11) is 1.73. The molecule has 0 saturated carbocycles. The quantitative estimate of drug-likeness (QED) is 0.831. The lowest BCUT2D eigenvalue weighted by Gasteiger charge is -2.15. The molecule has 136 valence electrons. The molecule has 0 aliphatic carbocycles. The van der Waals surface area contributed by atoms with Crippen molar-refractivity contribution in [2.24, 2.45) is 0 Å². The molecular weight excluding hydrogens is 332 g/mol. The van der Waals surface area contributed by atoms with Gasteiger partial charge in [0.2, 0.25) is 5.91 Å². The molecule has 1 saturated heterocycles. The number of rotatable bonds is 6. The van der Waals surface area contributed by atoms with E-state index < -0.39 is 0 Å². The van der Waals surface area contributed by atoms with E-state index in [9.17, 15) is 9.59 Å². The van der Waals surface area contributed by atoms with Gasteiger partial charge in [-0.2, -0.15) is 0 Å². The summed E-state index contributed by atoms with van der Waals surface area (Å²) in [5.41, 5.74) is 1.24. The number of benzene rings is 1. The lowest BCUT2D eigenvalue weighted by Crippen LogP contribution is -2.36. The predicted molar refractivity (Wildman–Crippen MR) is 98.6 cm³/mol.